The zero-order valence-electron chi connectivity index (χ0n) is 6.36. The van der Waals surface area contributed by atoms with E-state index < -0.39 is 0 Å². The minimum absolute atomic E-state index is 0.149. The van der Waals surface area contributed by atoms with E-state index in [1.54, 1.807) is 0 Å². The lowest BCUT2D eigenvalue weighted by Crippen LogP contribution is -2.08. The van der Waals surface area contributed by atoms with E-state index in [-0.39, 0.29) is 19.0 Å². The molecular weight excluding hydrogens is 176 g/mol. The van der Waals surface area contributed by atoms with Gasteiger partial charge in [0.25, 0.3) is 0 Å². The summed E-state index contributed by atoms with van der Waals surface area (Å²) < 4.78 is 4.56. The van der Waals surface area contributed by atoms with Crippen molar-refractivity contribution in [2.24, 2.45) is 0 Å². The van der Waals surface area contributed by atoms with E-state index in [1.165, 1.54) is 11.3 Å². The molecule has 0 aliphatic rings. The van der Waals surface area contributed by atoms with E-state index in [9.17, 15) is 9.59 Å². The van der Waals surface area contributed by atoms with Crippen molar-refractivity contribution in [1.82, 2.24) is 0 Å². The van der Waals surface area contributed by atoms with Crippen LogP contribution >= 0.6 is 11.3 Å². The largest absolute Gasteiger partial charge is 0.458 e. The second kappa shape index (κ2) is 4.66. The number of esters is 1. The molecule has 1 heterocycles. The molecule has 0 amide bonds. The Kier molecular flexibility index (Phi) is 3.47. The van der Waals surface area contributed by atoms with Crippen molar-refractivity contribution in [3.05, 3.63) is 22.4 Å². The second-order valence-electron chi connectivity index (χ2n) is 2.11. The summed E-state index contributed by atoms with van der Waals surface area (Å²) in [5.41, 5.74) is 0. The maximum Gasteiger partial charge on any atom is 0.311 e. The van der Waals surface area contributed by atoms with Crippen LogP contribution in [-0.4, -0.2) is 18.9 Å². The molecule has 0 bridgehead atoms. The molecule has 0 saturated heterocycles. The number of hydrogen-bond donors (Lipinski definition) is 0. The van der Waals surface area contributed by atoms with Crippen LogP contribution in [0, 0.1) is 0 Å². The van der Waals surface area contributed by atoms with Crippen LogP contribution in [0.2, 0.25) is 0 Å². The zero-order chi connectivity index (χ0) is 8.81. The molecular formula is C8H8O3S. The number of rotatable bonds is 4. The molecule has 0 N–H and O–H groups in total. The van der Waals surface area contributed by atoms with E-state index >= 15 is 0 Å². The first-order valence-electron chi connectivity index (χ1n) is 3.44. The van der Waals surface area contributed by atoms with Gasteiger partial charge in [-0.25, -0.2) is 0 Å². The SMILES string of the molecule is O=CCOC(=O)Cc1cccs1. The van der Waals surface area contributed by atoms with Gasteiger partial charge in [0, 0.05) is 4.88 Å². The second-order valence-corrected chi connectivity index (χ2v) is 3.14. The molecule has 3 nitrogen and oxygen atoms in total. The van der Waals surface area contributed by atoms with Crippen LogP contribution in [-0.2, 0) is 20.7 Å². The lowest BCUT2D eigenvalue weighted by Gasteiger charge is -1.97. The van der Waals surface area contributed by atoms with Gasteiger partial charge in [0.2, 0.25) is 0 Å². The molecule has 0 radical (unpaired) electrons. The first-order chi connectivity index (χ1) is 5.83. The summed E-state index contributed by atoms with van der Waals surface area (Å²) in [7, 11) is 0. The molecule has 0 aliphatic carbocycles. The molecule has 12 heavy (non-hydrogen) atoms. The van der Waals surface area contributed by atoms with Crippen LogP contribution in [0.15, 0.2) is 17.5 Å². The van der Waals surface area contributed by atoms with Gasteiger partial charge in [-0.2, -0.15) is 0 Å². The Hall–Kier alpha value is -1.16. The third kappa shape index (κ3) is 2.84. The third-order valence-electron chi connectivity index (χ3n) is 1.21. The maximum absolute atomic E-state index is 10.9. The van der Waals surface area contributed by atoms with Crippen LogP contribution < -0.4 is 0 Å². The minimum Gasteiger partial charge on any atom is -0.458 e. The van der Waals surface area contributed by atoms with Crippen molar-refractivity contribution in [3.63, 3.8) is 0 Å². The van der Waals surface area contributed by atoms with Crippen molar-refractivity contribution in [2.75, 3.05) is 6.61 Å². The Labute approximate surface area is 74.0 Å². The van der Waals surface area contributed by atoms with Gasteiger partial charge in [0.15, 0.2) is 6.29 Å². The normalized spacial score (nSPS) is 9.33. The van der Waals surface area contributed by atoms with Crippen molar-refractivity contribution < 1.29 is 14.3 Å². The molecule has 0 aromatic carbocycles. The molecule has 0 fully saturated rings. The van der Waals surface area contributed by atoms with E-state index in [0.29, 0.717) is 6.29 Å². The Bertz CT molecular complexity index is 253. The Balaban J connectivity index is 2.32. The van der Waals surface area contributed by atoms with Crippen LogP contribution in [0.3, 0.4) is 0 Å². The molecule has 4 heteroatoms. The van der Waals surface area contributed by atoms with Crippen LogP contribution in [0.1, 0.15) is 4.88 Å². The molecule has 0 unspecified atom stereocenters. The predicted molar refractivity (Wildman–Crippen MR) is 45.0 cm³/mol. The standard InChI is InChI=1S/C8H8O3S/c9-3-4-11-8(10)6-7-2-1-5-12-7/h1-3,5H,4,6H2. The summed E-state index contributed by atoms with van der Waals surface area (Å²) in [6, 6.07) is 3.72. The lowest BCUT2D eigenvalue weighted by atomic mass is 10.3. The fourth-order valence-electron chi connectivity index (χ4n) is 0.733. The van der Waals surface area contributed by atoms with Crippen molar-refractivity contribution >= 4 is 23.6 Å². The molecule has 0 aliphatic heterocycles. The topological polar surface area (TPSA) is 43.4 Å². The van der Waals surface area contributed by atoms with E-state index in [0.717, 1.165) is 4.88 Å². The highest BCUT2D eigenvalue weighted by Crippen LogP contribution is 2.09. The van der Waals surface area contributed by atoms with Gasteiger partial charge >= 0.3 is 5.97 Å². The minimum atomic E-state index is -0.357. The summed E-state index contributed by atoms with van der Waals surface area (Å²) in [5.74, 6) is -0.357. The van der Waals surface area contributed by atoms with Gasteiger partial charge in [0.1, 0.15) is 6.61 Å². The van der Waals surface area contributed by atoms with Crippen LogP contribution in [0.4, 0.5) is 0 Å². The van der Waals surface area contributed by atoms with E-state index in [1.807, 2.05) is 17.5 Å². The Morgan fingerprint density at radius 3 is 3.08 bits per heavy atom. The maximum atomic E-state index is 10.9. The zero-order valence-corrected chi connectivity index (χ0v) is 7.17. The highest BCUT2D eigenvalue weighted by molar-refractivity contribution is 7.10. The number of carbonyl (C=O) groups excluding carboxylic acids is 2. The summed E-state index contributed by atoms with van der Waals surface area (Å²) in [4.78, 5) is 21.7. The van der Waals surface area contributed by atoms with Gasteiger partial charge < -0.3 is 4.74 Å². The fourth-order valence-corrected chi connectivity index (χ4v) is 1.42. The van der Waals surface area contributed by atoms with E-state index in [4.69, 9.17) is 0 Å². The van der Waals surface area contributed by atoms with Crippen molar-refractivity contribution in [2.45, 2.75) is 6.42 Å². The van der Waals surface area contributed by atoms with Gasteiger partial charge in [-0.1, -0.05) is 6.07 Å². The fraction of sp³-hybridized carbons (Fsp3) is 0.250. The summed E-state index contributed by atoms with van der Waals surface area (Å²) >= 11 is 1.50. The Morgan fingerprint density at radius 2 is 2.50 bits per heavy atom. The summed E-state index contributed by atoms with van der Waals surface area (Å²) in [5, 5.41) is 1.89. The lowest BCUT2D eigenvalue weighted by molar-refractivity contribution is -0.144. The third-order valence-corrected chi connectivity index (χ3v) is 2.09. The Morgan fingerprint density at radius 1 is 1.67 bits per heavy atom. The molecule has 1 aromatic heterocycles. The first kappa shape index (κ1) is 8.93. The number of carbonyl (C=O) groups is 2. The van der Waals surface area contributed by atoms with Gasteiger partial charge in [-0.3, -0.25) is 9.59 Å². The molecule has 0 spiro atoms. The average molecular weight is 184 g/mol. The summed E-state index contributed by atoms with van der Waals surface area (Å²) in [6.07, 6.45) is 0.817. The molecule has 1 rings (SSSR count). The molecule has 64 valence electrons. The summed E-state index contributed by atoms with van der Waals surface area (Å²) in [6.45, 7) is -0.149. The first-order valence-corrected chi connectivity index (χ1v) is 4.32. The quantitative estimate of drug-likeness (QED) is 0.518. The predicted octanol–water partition coefficient (Wildman–Crippen LogP) is 1.03. The van der Waals surface area contributed by atoms with Gasteiger partial charge in [-0.15, -0.1) is 11.3 Å². The van der Waals surface area contributed by atoms with Gasteiger partial charge in [0.05, 0.1) is 6.42 Å². The smallest absolute Gasteiger partial charge is 0.311 e. The monoisotopic (exact) mass is 184 g/mol. The number of hydrogen-bond acceptors (Lipinski definition) is 4. The molecule has 0 saturated carbocycles. The highest BCUT2D eigenvalue weighted by atomic mass is 32.1. The van der Waals surface area contributed by atoms with Crippen LogP contribution in [0.5, 0.6) is 0 Å². The molecule has 1 aromatic rings. The number of ether oxygens (including phenoxy) is 1. The average Bonchev–Trinajstić information content (AvgIpc) is 2.53. The van der Waals surface area contributed by atoms with Crippen LogP contribution in [0.25, 0.3) is 0 Å². The highest BCUT2D eigenvalue weighted by Gasteiger charge is 2.03. The number of aldehydes is 1. The van der Waals surface area contributed by atoms with Gasteiger partial charge in [-0.05, 0) is 11.4 Å². The number of thiophene rings is 1. The van der Waals surface area contributed by atoms with Crippen molar-refractivity contribution in [3.8, 4) is 0 Å². The van der Waals surface area contributed by atoms with Crippen molar-refractivity contribution in [1.29, 1.82) is 0 Å². The molecule has 0 atom stereocenters. The van der Waals surface area contributed by atoms with E-state index in [2.05, 4.69) is 4.74 Å².